The van der Waals surface area contributed by atoms with Crippen LogP contribution in [0.2, 0.25) is 0 Å². The molecule has 1 unspecified atom stereocenters. The number of aliphatic imine (C=N–C) groups is 1. The number of guanidine groups is 1. The summed E-state index contributed by atoms with van der Waals surface area (Å²) in [6.45, 7) is 5.89. The molecule has 1 aromatic carbocycles. The fraction of sp³-hybridized carbons (Fsp3) is 0.611. The van der Waals surface area contributed by atoms with Crippen LogP contribution >= 0.6 is 0 Å². The Labute approximate surface area is 156 Å². The molecule has 8 heteroatoms. The van der Waals surface area contributed by atoms with Gasteiger partial charge in [-0.2, -0.15) is 0 Å². The molecule has 2 aliphatic heterocycles. The summed E-state index contributed by atoms with van der Waals surface area (Å²) in [7, 11) is -1.29. The van der Waals surface area contributed by atoms with E-state index in [2.05, 4.69) is 34.3 Å². The molecule has 0 radical (unpaired) electrons. The molecule has 2 heterocycles. The summed E-state index contributed by atoms with van der Waals surface area (Å²) in [5, 5.41) is 3.30. The smallest absolute Gasteiger partial charge is 0.214 e. The van der Waals surface area contributed by atoms with E-state index in [1.807, 2.05) is 12.1 Å². The number of morpholine rings is 1. The van der Waals surface area contributed by atoms with Gasteiger partial charge in [-0.1, -0.05) is 24.3 Å². The van der Waals surface area contributed by atoms with Crippen molar-refractivity contribution in [1.82, 2.24) is 14.5 Å². The Balaban J connectivity index is 1.57. The molecule has 0 spiro atoms. The molecular formula is C18H28N4O3S. The summed E-state index contributed by atoms with van der Waals surface area (Å²) in [6, 6.07) is 8.28. The second-order valence-electron chi connectivity index (χ2n) is 6.70. The molecule has 1 atom stereocenters. The molecule has 2 aliphatic rings. The minimum Gasteiger partial charge on any atom is -0.370 e. The van der Waals surface area contributed by atoms with E-state index in [9.17, 15) is 8.42 Å². The van der Waals surface area contributed by atoms with E-state index in [1.165, 1.54) is 11.1 Å². The van der Waals surface area contributed by atoms with Crippen LogP contribution in [-0.4, -0.2) is 75.7 Å². The summed E-state index contributed by atoms with van der Waals surface area (Å²) in [6.07, 6.45) is 0.737. The molecular weight excluding hydrogens is 352 g/mol. The molecule has 0 saturated carbocycles. The number of benzene rings is 1. The Bertz CT molecular complexity index is 751. The van der Waals surface area contributed by atoms with Gasteiger partial charge in [0.1, 0.15) is 6.10 Å². The lowest BCUT2D eigenvalue weighted by molar-refractivity contribution is -0.00831. The van der Waals surface area contributed by atoms with Crippen molar-refractivity contribution in [2.24, 2.45) is 4.99 Å². The lowest BCUT2D eigenvalue weighted by Crippen LogP contribution is -2.49. The van der Waals surface area contributed by atoms with E-state index in [1.54, 1.807) is 11.4 Å². The Kier molecular flexibility index (Phi) is 6.16. The Hall–Kier alpha value is -1.64. The topological polar surface area (TPSA) is 74.2 Å². The number of nitrogens with zero attached hydrogens (tertiary/aromatic N) is 3. The standard InChI is InChI=1S/C18H28N4O3S/c1-15-6-3-4-7-16(15)17-14-21(11-12-25-17)18(19-2)20-8-10-22-9-5-13-26(22,23)24/h3-4,6-7,17H,5,8-14H2,1-2H3,(H,19,20). The number of hydrogen-bond donors (Lipinski definition) is 1. The van der Waals surface area contributed by atoms with E-state index in [0.717, 1.165) is 25.5 Å². The average molecular weight is 381 g/mol. The number of nitrogens with one attached hydrogen (secondary N) is 1. The van der Waals surface area contributed by atoms with E-state index >= 15 is 0 Å². The molecule has 3 rings (SSSR count). The predicted molar refractivity (Wildman–Crippen MR) is 103 cm³/mol. The number of ether oxygens (including phenoxy) is 1. The van der Waals surface area contributed by atoms with Crippen molar-refractivity contribution in [3.05, 3.63) is 35.4 Å². The summed E-state index contributed by atoms with van der Waals surface area (Å²) in [5.74, 6) is 1.06. The first-order valence-electron chi connectivity index (χ1n) is 9.12. The van der Waals surface area contributed by atoms with Crippen molar-refractivity contribution in [1.29, 1.82) is 0 Å². The van der Waals surface area contributed by atoms with Gasteiger partial charge in [0.15, 0.2) is 5.96 Å². The highest BCUT2D eigenvalue weighted by atomic mass is 32.2. The number of hydrogen-bond acceptors (Lipinski definition) is 4. The summed E-state index contributed by atoms with van der Waals surface area (Å²) in [4.78, 5) is 6.55. The lowest BCUT2D eigenvalue weighted by Gasteiger charge is -2.36. The van der Waals surface area contributed by atoms with Crippen molar-refractivity contribution in [2.75, 3.05) is 52.1 Å². The first kappa shape index (κ1) is 19.1. The molecule has 7 nitrogen and oxygen atoms in total. The Morgan fingerprint density at radius 3 is 2.85 bits per heavy atom. The molecule has 0 aromatic heterocycles. The van der Waals surface area contributed by atoms with Gasteiger partial charge in [-0.25, -0.2) is 12.7 Å². The highest BCUT2D eigenvalue weighted by Gasteiger charge is 2.28. The van der Waals surface area contributed by atoms with Crippen LogP contribution in [0.3, 0.4) is 0 Å². The van der Waals surface area contributed by atoms with Crippen molar-refractivity contribution in [2.45, 2.75) is 19.4 Å². The van der Waals surface area contributed by atoms with Crippen molar-refractivity contribution >= 4 is 16.0 Å². The van der Waals surface area contributed by atoms with Crippen LogP contribution in [0.5, 0.6) is 0 Å². The molecule has 26 heavy (non-hydrogen) atoms. The van der Waals surface area contributed by atoms with Gasteiger partial charge in [-0.3, -0.25) is 4.99 Å². The second-order valence-corrected chi connectivity index (χ2v) is 8.79. The van der Waals surface area contributed by atoms with Crippen LogP contribution in [0, 0.1) is 6.92 Å². The average Bonchev–Trinajstić information content (AvgIpc) is 2.97. The van der Waals surface area contributed by atoms with Crippen LogP contribution < -0.4 is 5.32 Å². The van der Waals surface area contributed by atoms with Gasteiger partial charge in [-0.05, 0) is 24.5 Å². The van der Waals surface area contributed by atoms with E-state index in [-0.39, 0.29) is 11.9 Å². The molecule has 0 amide bonds. The van der Waals surface area contributed by atoms with Crippen LogP contribution in [0.25, 0.3) is 0 Å². The van der Waals surface area contributed by atoms with Gasteiger partial charge in [0, 0.05) is 33.2 Å². The molecule has 1 N–H and O–H groups in total. The minimum absolute atomic E-state index is 0.0162. The highest BCUT2D eigenvalue weighted by Crippen LogP contribution is 2.24. The van der Waals surface area contributed by atoms with E-state index < -0.39 is 10.0 Å². The number of aryl methyl sites for hydroxylation is 1. The van der Waals surface area contributed by atoms with Gasteiger partial charge in [0.05, 0.1) is 18.9 Å². The van der Waals surface area contributed by atoms with Crippen molar-refractivity contribution < 1.29 is 13.2 Å². The molecule has 0 aliphatic carbocycles. The Morgan fingerprint density at radius 2 is 2.15 bits per heavy atom. The summed E-state index contributed by atoms with van der Waals surface area (Å²) in [5.41, 5.74) is 2.43. The Morgan fingerprint density at radius 1 is 1.35 bits per heavy atom. The van der Waals surface area contributed by atoms with Gasteiger partial charge in [0.2, 0.25) is 10.0 Å². The van der Waals surface area contributed by atoms with Crippen LogP contribution in [0.15, 0.2) is 29.3 Å². The fourth-order valence-corrected chi connectivity index (χ4v) is 5.07. The van der Waals surface area contributed by atoms with E-state index in [0.29, 0.717) is 26.2 Å². The SMILES string of the molecule is CN=C(NCCN1CCCS1(=O)=O)N1CCOC(c2ccccc2C)C1. The predicted octanol–water partition coefficient (Wildman–Crippen LogP) is 0.979. The lowest BCUT2D eigenvalue weighted by atomic mass is 10.0. The third kappa shape index (κ3) is 4.36. The van der Waals surface area contributed by atoms with Crippen molar-refractivity contribution in [3.63, 3.8) is 0 Å². The number of sulfonamides is 1. The van der Waals surface area contributed by atoms with Gasteiger partial charge < -0.3 is 15.0 Å². The molecule has 2 fully saturated rings. The maximum atomic E-state index is 11.9. The minimum atomic E-state index is -3.05. The van der Waals surface area contributed by atoms with Gasteiger partial charge >= 0.3 is 0 Å². The largest absolute Gasteiger partial charge is 0.370 e. The number of rotatable bonds is 4. The maximum Gasteiger partial charge on any atom is 0.214 e. The molecule has 2 saturated heterocycles. The molecule has 1 aromatic rings. The monoisotopic (exact) mass is 380 g/mol. The van der Waals surface area contributed by atoms with Crippen LogP contribution in [0.1, 0.15) is 23.7 Å². The second kappa shape index (κ2) is 8.37. The van der Waals surface area contributed by atoms with Crippen molar-refractivity contribution in [3.8, 4) is 0 Å². The third-order valence-corrected chi connectivity index (χ3v) is 6.92. The zero-order chi connectivity index (χ0) is 18.6. The van der Waals surface area contributed by atoms with Crippen LogP contribution in [-0.2, 0) is 14.8 Å². The zero-order valence-electron chi connectivity index (χ0n) is 15.5. The normalized spacial score (nSPS) is 24.0. The summed E-state index contributed by atoms with van der Waals surface area (Å²) < 4.78 is 31.3. The van der Waals surface area contributed by atoms with Gasteiger partial charge in [0.25, 0.3) is 0 Å². The fourth-order valence-electron chi connectivity index (χ4n) is 3.54. The highest BCUT2D eigenvalue weighted by molar-refractivity contribution is 7.89. The summed E-state index contributed by atoms with van der Waals surface area (Å²) >= 11 is 0. The third-order valence-electron chi connectivity index (χ3n) is 4.96. The first-order chi connectivity index (χ1) is 12.5. The zero-order valence-corrected chi connectivity index (χ0v) is 16.3. The van der Waals surface area contributed by atoms with Crippen LogP contribution in [0.4, 0.5) is 0 Å². The maximum absolute atomic E-state index is 11.9. The quantitative estimate of drug-likeness (QED) is 0.623. The first-order valence-corrected chi connectivity index (χ1v) is 10.7. The molecule has 0 bridgehead atoms. The molecule has 144 valence electrons. The van der Waals surface area contributed by atoms with E-state index in [4.69, 9.17) is 4.74 Å². The van der Waals surface area contributed by atoms with Gasteiger partial charge in [-0.15, -0.1) is 0 Å².